The van der Waals surface area contributed by atoms with Crippen LogP contribution in [-0.4, -0.2) is 52.4 Å². The van der Waals surface area contributed by atoms with Gasteiger partial charge in [0.05, 0.1) is 19.1 Å². The van der Waals surface area contributed by atoms with Crippen molar-refractivity contribution in [1.29, 1.82) is 0 Å². The van der Waals surface area contributed by atoms with E-state index in [1.807, 2.05) is 27.8 Å². The molecule has 1 aromatic heterocycles. The summed E-state index contributed by atoms with van der Waals surface area (Å²) in [6, 6.07) is 6.03. The monoisotopic (exact) mass is 342 g/mol. The first-order chi connectivity index (χ1) is 12.3. The van der Waals surface area contributed by atoms with Crippen molar-refractivity contribution in [2.75, 3.05) is 26.8 Å². The van der Waals surface area contributed by atoms with Crippen LogP contribution in [-0.2, 0) is 11.2 Å². The third kappa shape index (κ3) is 3.06. The molecule has 0 aliphatic carbocycles. The summed E-state index contributed by atoms with van der Waals surface area (Å²) >= 11 is 0. The molecule has 0 radical (unpaired) electrons. The minimum Gasteiger partial charge on any atom is -0.493 e. The molecule has 4 rings (SSSR count). The first kappa shape index (κ1) is 15.9. The third-order valence-corrected chi connectivity index (χ3v) is 5.04. The average Bonchev–Trinajstić information content (AvgIpc) is 3.21. The fourth-order valence-electron chi connectivity index (χ4n) is 3.75. The van der Waals surface area contributed by atoms with E-state index in [-0.39, 0.29) is 17.9 Å². The van der Waals surface area contributed by atoms with Crippen LogP contribution in [0.5, 0.6) is 11.5 Å². The molecule has 0 spiro atoms. The molecule has 132 valence electrons. The van der Waals surface area contributed by atoms with Crippen LogP contribution in [0.25, 0.3) is 0 Å². The maximum Gasteiger partial charge on any atom is 0.229 e. The SMILES string of the molecule is COc1cccc2c1OC[C@@H](C(=O)N1CCC[C@H](n3cncn3)C1)C2. The molecular weight excluding hydrogens is 320 g/mol. The van der Waals surface area contributed by atoms with Crippen molar-refractivity contribution in [3.8, 4) is 11.5 Å². The number of hydrogen-bond donors (Lipinski definition) is 0. The van der Waals surface area contributed by atoms with Gasteiger partial charge in [0.2, 0.25) is 5.91 Å². The van der Waals surface area contributed by atoms with Crippen molar-refractivity contribution >= 4 is 5.91 Å². The van der Waals surface area contributed by atoms with E-state index in [0.717, 1.165) is 36.4 Å². The highest BCUT2D eigenvalue weighted by molar-refractivity contribution is 5.80. The van der Waals surface area contributed by atoms with Crippen molar-refractivity contribution in [3.05, 3.63) is 36.4 Å². The number of ether oxygens (including phenoxy) is 2. The number of carbonyl (C=O) groups excluding carboxylic acids is 1. The lowest BCUT2D eigenvalue weighted by molar-refractivity contribution is -0.138. The molecule has 1 amide bonds. The zero-order valence-corrected chi connectivity index (χ0v) is 14.3. The van der Waals surface area contributed by atoms with Gasteiger partial charge in [0.15, 0.2) is 11.5 Å². The van der Waals surface area contributed by atoms with Crippen LogP contribution in [0.2, 0.25) is 0 Å². The van der Waals surface area contributed by atoms with Gasteiger partial charge in [-0.05, 0) is 30.9 Å². The standard InChI is InChI=1S/C18H22N4O3/c1-24-16-6-2-4-13-8-14(10-25-17(13)16)18(23)21-7-3-5-15(9-21)22-12-19-11-20-22/h2,4,6,11-12,14-15H,3,5,7-10H2,1H3/t14-,15-/m0/s1. The Morgan fingerprint density at radius 3 is 3.12 bits per heavy atom. The Bertz CT molecular complexity index is 747. The molecule has 7 heteroatoms. The lowest BCUT2D eigenvalue weighted by atomic mass is 9.94. The summed E-state index contributed by atoms with van der Waals surface area (Å²) in [6.45, 7) is 1.88. The van der Waals surface area contributed by atoms with Crippen LogP contribution >= 0.6 is 0 Å². The largest absolute Gasteiger partial charge is 0.493 e. The Hall–Kier alpha value is -2.57. The number of fused-ring (bicyclic) bond motifs is 1. The van der Waals surface area contributed by atoms with Gasteiger partial charge in [-0.15, -0.1) is 0 Å². The molecule has 2 atom stereocenters. The number of piperidine rings is 1. The van der Waals surface area contributed by atoms with E-state index in [1.165, 1.54) is 0 Å². The molecule has 1 fully saturated rings. The van der Waals surface area contributed by atoms with E-state index in [1.54, 1.807) is 19.8 Å². The lowest BCUT2D eigenvalue weighted by Gasteiger charge is -2.36. The second-order valence-electron chi connectivity index (χ2n) is 6.62. The quantitative estimate of drug-likeness (QED) is 0.849. The van der Waals surface area contributed by atoms with Gasteiger partial charge in [0.1, 0.15) is 19.3 Å². The minimum atomic E-state index is -0.144. The smallest absolute Gasteiger partial charge is 0.229 e. The summed E-state index contributed by atoms with van der Waals surface area (Å²) in [4.78, 5) is 19.0. The molecule has 0 bridgehead atoms. The summed E-state index contributed by atoms with van der Waals surface area (Å²) in [5, 5.41) is 4.22. The molecule has 1 saturated heterocycles. The second kappa shape index (κ2) is 6.74. The number of amides is 1. The topological polar surface area (TPSA) is 69.5 Å². The number of nitrogens with zero attached hydrogens (tertiary/aromatic N) is 4. The number of rotatable bonds is 3. The van der Waals surface area contributed by atoms with Crippen molar-refractivity contribution in [1.82, 2.24) is 19.7 Å². The van der Waals surface area contributed by atoms with Gasteiger partial charge in [-0.2, -0.15) is 5.10 Å². The summed E-state index contributed by atoms with van der Waals surface area (Å²) < 4.78 is 13.1. The first-order valence-electron chi connectivity index (χ1n) is 8.68. The van der Waals surface area contributed by atoms with Crippen molar-refractivity contribution in [3.63, 3.8) is 0 Å². The Morgan fingerprint density at radius 1 is 1.40 bits per heavy atom. The van der Waals surface area contributed by atoms with Gasteiger partial charge >= 0.3 is 0 Å². The predicted molar refractivity (Wildman–Crippen MR) is 90.6 cm³/mol. The molecule has 1 aromatic carbocycles. The summed E-state index contributed by atoms with van der Waals surface area (Å²) in [7, 11) is 1.63. The van der Waals surface area contributed by atoms with Gasteiger partial charge in [-0.1, -0.05) is 12.1 Å². The molecular formula is C18H22N4O3. The molecule has 7 nitrogen and oxygen atoms in total. The van der Waals surface area contributed by atoms with E-state index >= 15 is 0 Å². The molecule has 2 aliphatic heterocycles. The number of aromatic nitrogens is 3. The van der Waals surface area contributed by atoms with Crippen LogP contribution in [0.4, 0.5) is 0 Å². The van der Waals surface area contributed by atoms with E-state index in [0.29, 0.717) is 19.6 Å². The van der Waals surface area contributed by atoms with Crippen LogP contribution in [0, 0.1) is 5.92 Å². The van der Waals surface area contributed by atoms with Gasteiger partial charge in [-0.3, -0.25) is 4.79 Å². The predicted octanol–water partition coefficient (Wildman–Crippen LogP) is 1.70. The number of methoxy groups -OCH3 is 1. The summed E-state index contributed by atoms with van der Waals surface area (Å²) in [5.41, 5.74) is 1.04. The minimum absolute atomic E-state index is 0.144. The highest BCUT2D eigenvalue weighted by atomic mass is 16.5. The zero-order chi connectivity index (χ0) is 17.2. The number of para-hydroxylation sites is 1. The number of hydrogen-bond acceptors (Lipinski definition) is 5. The van der Waals surface area contributed by atoms with Crippen LogP contribution in [0.15, 0.2) is 30.9 Å². The third-order valence-electron chi connectivity index (χ3n) is 5.04. The lowest BCUT2D eigenvalue weighted by Crippen LogP contribution is -2.46. The molecule has 0 saturated carbocycles. The first-order valence-corrected chi connectivity index (χ1v) is 8.68. The Kier molecular flexibility index (Phi) is 4.29. The molecule has 2 aliphatic rings. The second-order valence-corrected chi connectivity index (χ2v) is 6.62. The summed E-state index contributed by atoms with van der Waals surface area (Å²) in [5.74, 6) is 1.52. The Balaban J connectivity index is 1.46. The molecule has 25 heavy (non-hydrogen) atoms. The number of carbonyl (C=O) groups is 1. The van der Waals surface area contributed by atoms with Gasteiger partial charge in [0.25, 0.3) is 0 Å². The van der Waals surface area contributed by atoms with Crippen LogP contribution in [0.1, 0.15) is 24.4 Å². The Morgan fingerprint density at radius 2 is 2.32 bits per heavy atom. The van der Waals surface area contributed by atoms with Gasteiger partial charge in [0, 0.05) is 13.1 Å². The zero-order valence-electron chi connectivity index (χ0n) is 14.3. The maximum atomic E-state index is 13.0. The summed E-state index contributed by atoms with van der Waals surface area (Å²) in [6.07, 6.45) is 5.96. The van der Waals surface area contributed by atoms with Crippen molar-refractivity contribution in [2.24, 2.45) is 5.92 Å². The van der Waals surface area contributed by atoms with Gasteiger partial charge in [-0.25, -0.2) is 9.67 Å². The average molecular weight is 342 g/mol. The molecule has 0 N–H and O–H groups in total. The fraction of sp³-hybridized carbons (Fsp3) is 0.500. The molecule has 2 aromatic rings. The van der Waals surface area contributed by atoms with Gasteiger partial charge < -0.3 is 14.4 Å². The molecule has 3 heterocycles. The normalized spacial score (nSPS) is 22.8. The van der Waals surface area contributed by atoms with E-state index < -0.39 is 0 Å². The number of benzene rings is 1. The number of likely N-dealkylation sites (tertiary alicyclic amines) is 1. The Labute approximate surface area is 146 Å². The molecule has 0 unspecified atom stereocenters. The van der Waals surface area contributed by atoms with E-state index in [4.69, 9.17) is 9.47 Å². The highest BCUT2D eigenvalue weighted by Crippen LogP contribution is 2.36. The van der Waals surface area contributed by atoms with E-state index in [2.05, 4.69) is 10.1 Å². The fourth-order valence-corrected chi connectivity index (χ4v) is 3.75. The van der Waals surface area contributed by atoms with Crippen molar-refractivity contribution < 1.29 is 14.3 Å². The highest BCUT2D eigenvalue weighted by Gasteiger charge is 2.33. The maximum absolute atomic E-state index is 13.0. The van der Waals surface area contributed by atoms with Crippen LogP contribution in [0.3, 0.4) is 0 Å². The van der Waals surface area contributed by atoms with Crippen LogP contribution < -0.4 is 9.47 Å². The van der Waals surface area contributed by atoms with E-state index in [9.17, 15) is 4.79 Å². The van der Waals surface area contributed by atoms with Crippen molar-refractivity contribution in [2.45, 2.75) is 25.3 Å².